The molecule has 0 bridgehead atoms. The number of aliphatic hydroxyl groups is 2. The molecule has 2 aliphatic rings. The van der Waals surface area contributed by atoms with Crippen LogP contribution >= 0.6 is 0 Å². The Bertz CT molecular complexity index is 593. The van der Waals surface area contributed by atoms with E-state index in [0.717, 1.165) is 0 Å². The molecule has 2 aliphatic heterocycles. The highest BCUT2D eigenvalue weighted by molar-refractivity contribution is 5.89. The maximum atomic E-state index is 12.4. The summed E-state index contributed by atoms with van der Waals surface area (Å²) in [5.41, 5.74) is 0.440. The lowest BCUT2D eigenvalue weighted by molar-refractivity contribution is -0.289. The zero-order valence-corrected chi connectivity index (χ0v) is 15.0. The molecule has 2 heterocycles. The molecule has 0 aliphatic carbocycles. The van der Waals surface area contributed by atoms with Crippen molar-refractivity contribution in [2.24, 2.45) is 0 Å². The maximum Gasteiger partial charge on any atom is 0.338 e. The van der Waals surface area contributed by atoms with Crippen LogP contribution in [0.3, 0.4) is 0 Å². The Morgan fingerprint density at radius 1 is 1.08 bits per heavy atom. The number of carbonyl (C=O) groups excluding carboxylic acids is 1. The van der Waals surface area contributed by atoms with Crippen LogP contribution in [0.15, 0.2) is 30.3 Å². The van der Waals surface area contributed by atoms with Gasteiger partial charge < -0.3 is 29.2 Å². The Labute approximate surface area is 152 Å². The molecule has 0 saturated carbocycles. The molecular weight excluding hydrogens is 340 g/mol. The largest absolute Gasteiger partial charge is 0.453 e. The molecule has 0 aromatic heterocycles. The highest BCUT2D eigenvalue weighted by Crippen LogP contribution is 2.29. The van der Waals surface area contributed by atoms with Crippen LogP contribution in [-0.2, 0) is 18.9 Å². The van der Waals surface area contributed by atoms with Gasteiger partial charge in [0.05, 0.1) is 23.9 Å². The molecule has 0 spiro atoms. The van der Waals surface area contributed by atoms with Crippen molar-refractivity contribution in [1.82, 2.24) is 0 Å². The monoisotopic (exact) mass is 366 g/mol. The molecule has 144 valence electrons. The lowest BCUT2D eigenvalue weighted by atomic mass is 10.0. The van der Waals surface area contributed by atoms with Gasteiger partial charge in [0.1, 0.15) is 6.10 Å². The van der Waals surface area contributed by atoms with Crippen molar-refractivity contribution in [2.45, 2.75) is 76.2 Å². The smallest absolute Gasteiger partial charge is 0.338 e. The number of benzene rings is 1. The van der Waals surface area contributed by atoms with Crippen LogP contribution in [0.5, 0.6) is 0 Å². The summed E-state index contributed by atoms with van der Waals surface area (Å²) in [6.45, 7) is 3.52. The first-order valence-corrected chi connectivity index (χ1v) is 9.02. The van der Waals surface area contributed by atoms with E-state index in [1.807, 2.05) is 6.07 Å². The number of hydrogen-bond donors (Lipinski definition) is 2. The summed E-state index contributed by atoms with van der Waals surface area (Å²) in [5.74, 6) is -0.468. The third kappa shape index (κ3) is 4.61. The van der Waals surface area contributed by atoms with Gasteiger partial charge in [-0.2, -0.15) is 0 Å². The highest BCUT2D eigenvalue weighted by atomic mass is 16.7. The summed E-state index contributed by atoms with van der Waals surface area (Å²) in [7, 11) is 0. The predicted octanol–water partition coefficient (Wildman–Crippen LogP) is 1.61. The number of aliphatic hydroxyl groups excluding tert-OH is 2. The summed E-state index contributed by atoms with van der Waals surface area (Å²) in [6, 6.07) is 8.69. The summed E-state index contributed by atoms with van der Waals surface area (Å²) in [6.07, 6.45) is -2.83. The van der Waals surface area contributed by atoms with E-state index in [1.165, 1.54) is 0 Å². The third-order valence-electron chi connectivity index (χ3n) is 4.82. The zero-order valence-electron chi connectivity index (χ0n) is 15.0. The second-order valence-corrected chi connectivity index (χ2v) is 6.86. The van der Waals surface area contributed by atoms with Crippen LogP contribution in [-0.4, -0.2) is 59.3 Å². The molecule has 1 aromatic rings. The number of carbonyl (C=O) groups is 1. The molecule has 0 amide bonds. The molecular formula is C19H26O7. The average Bonchev–Trinajstić information content (AvgIpc) is 2.61. The summed E-state index contributed by atoms with van der Waals surface area (Å²) < 4.78 is 22.7. The van der Waals surface area contributed by atoms with Gasteiger partial charge in [0, 0.05) is 12.8 Å². The molecule has 2 saturated heterocycles. The van der Waals surface area contributed by atoms with Crippen molar-refractivity contribution in [3.05, 3.63) is 35.9 Å². The Kier molecular flexibility index (Phi) is 6.26. The topological polar surface area (TPSA) is 94.5 Å². The third-order valence-corrected chi connectivity index (χ3v) is 4.82. The number of esters is 1. The van der Waals surface area contributed by atoms with Crippen LogP contribution in [0.2, 0.25) is 0 Å². The fourth-order valence-electron chi connectivity index (χ4n) is 3.32. The SMILES string of the molecule is C[C@@H]1O[C@@H](O[C@@H]2C[C@@H](O)O[C@H](C)[C@H]2OC(=O)c2ccccc2)CC[C@@H]1O. The number of hydrogen-bond acceptors (Lipinski definition) is 7. The van der Waals surface area contributed by atoms with E-state index in [9.17, 15) is 15.0 Å². The van der Waals surface area contributed by atoms with Gasteiger partial charge in [-0.3, -0.25) is 0 Å². The number of rotatable bonds is 4. The molecule has 7 atom stereocenters. The standard InChI is InChI=1S/C19H26O7/c1-11-14(20)8-9-17(24-11)25-15-10-16(21)23-12(2)18(15)26-19(22)13-6-4-3-5-7-13/h3-7,11-12,14-18,20-21H,8-10H2,1-2H3/t11-,12+,14-,15+,16-,17-,18+/m0/s1. The molecule has 0 radical (unpaired) electrons. The van der Waals surface area contributed by atoms with E-state index < -0.39 is 43.0 Å². The van der Waals surface area contributed by atoms with Crippen LogP contribution < -0.4 is 0 Å². The molecule has 26 heavy (non-hydrogen) atoms. The second-order valence-electron chi connectivity index (χ2n) is 6.86. The van der Waals surface area contributed by atoms with Crippen molar-refractivity contribution in [3.8, 4) is 0 Å². The summed E-state index contributed by atoms with van der Waals surface area (Å²) >= 11 is 0. The Morgan fingerprint density at radius 2 is 1.81 bits per heavy atom. The van der Waals surface area contributed by atoms with Gasteiger partial charge in [0.15, 0.2) is 18.7 Å². The zero-order chi connectivity index (χ0) is 18.7. The van der Waals surface area contributed by atoms with Gasteiger partial charge in [-0.25, -0.2) is 4.79 Å². The van der Waals surface area contributed by atoms with Crippen molar-refractivity contribution < 1.29 is 34.0 Å². The van der Waals surface area contributed by atoms with E-state index in [1.54, 1.807) is 38.1 Å². The molecule has 7 heteroatoms. The lowest BCUT2D eigenvalue weighted by Crippen LogP contribution is -2.52. The summed E-state index contributed by atoms with van der Waals surface area (Å²) in [4.78, 5) is 12.4. The molecule has 3 rings (SSSR count). The maximum absolute atomic E-state index is 12.4. The first-order valence-electron chi connectivity index (χ1n) is 9.02. The average molecular weight is 366 g/mol. The van der Waals surface area contributed by atoms with Gasteiger partial charge in [0.2, 0.25) is 0 Å². The van der Waals surface area contributed by atoms with E-state index in [-0.39, 0.29) is 12.5 Å². The lowest BCUT2D eigenvalue weighted by Gasteiger charge is -2.41. The fraction of sp³-hybridized carbons (Fsp3) is 0.632. The van der Waals surface area contributed by atoms with Crippen molar-refractivity contribution in [1.29, 1.82) is 0 Å². The van der Waals surface area contributed by atoms with Crippen molar-refractivity contribution >= 4 is 5.97 Å². The van der Waals surface area contributed by atoms with E-state index in [2.05, 4.69) is 0 Å². The van der Waals surface area contributed by atoms with Gasteiger partial charge >= 0.3 is 5.97 Å². The van der Waals surface area contributed by atoms with E-state index in [4.69, 9.17) is 18.9 Å². The summed E-state index contributed by atoms with van der Waals surface area (Å²) in [5, 5.41) is 19.7. The van der Waals surface area contributed by atoms with Crippen molar-refractivity contribution in [3.63, 3.8) is 0 Å². The quantitative estimate of drug-likeness (QED) is 0.782. The Morgan fingerprint density at radius 3 is 2.50 bits per heavy atom. The van der Waals surface area contributed by atoms with Crippen molar-refractivity contribution in [2.75, 3.05) is 0 Å². The fourth-order valence-corrected chi connectivity index (χ4v) is 3.32. The van der Waals surface area contributed by atoms with Crippen LogP contribution in [0, 0.1) is 0 Å². The van der Waals surface area contributed by atoms with Crippen LogP contribution in [0.1, 0.15) is 43.5 Å². The van der Waals surface area contributed by atoms with Gasteiger partial charge in [-0.1, -0.05) is 18.2 Å². The van der Waals surface area contributed by atoms with Gasteiger partial charge in [-0.05, 0) is 32.4 Å². The minimum Gasteiger partial charge on any atom is -0.453 e. The van der Waals surface area contributed by atoms with E-state index >= 15 is 0 Å². The minimum atomic E-state index is -0.992. The Hall–Kier alpha value is -1.51. The van der Waals surface area contributed by atoms with Gasteiger partial charge in [-0.15, -0.1) is 0 Å². The number of ether oxygens (including phenoxy) is 4. The van der Waals surface area contributed by atoms with E-state index in [0.29, 0.717) is 18.4 Å². The molecule has 7 nitrogen and oxygen atoms in total. The Balaban J connectivity index is 1.67. The molecule has 2 N–H and O–H groups in total. The first-order chi connectivity index (χ1) is 12.4. The molecule has 1 aromatic carbocycles. The highest BCUT2D eigenvalue weighted by Gasteiger charge is 2.41. The van der Waals surface area contributed by atoms with Crippen LogP contribution in [0.25, 0.3) is 0 Å². The second kappa shape index (κ2) is 8.45. The predicted molar refractivity (Wildman–Crippen MR) is 91.3 cm³/mol. The first kappa shape index (κ1) is 19.3. The normalized spacial score (nSPS) is 37.9. The minimum absolute atomic E-state index is 0.174. The van der Waals surface area contributed by atoms with Gasteiger partial charge in [0.25, 0.3) is 0 Å². The molecule has 2 fully saturated rings. The van der Waals surface area contributed by atoms with Crippen LogP contribution in [0.4, 0.5) is 0 Å². The molecule has 0 unspecified atom stereocenters.